The van der Waals surface area contributed by atoms with Crippen LogP contribution in [0.15, 0.2) is 30.6 Å². The molecule has 1 aromatic heterocycles. The van der Waals surface area contributed by atoms with Gasteiger partial charge in [0, 0.05) is 38.0 Å². The lowest BCUT2D eigenvalue weighted by Gasteiger charge is -2.07. The summed E-state index contributed by atoms with van der Waals surface area (Å²) in [7, 11) is 1.92. The van der Waals surface area contributed by atoms with Gasteiger partial charge >= 0.3 is 0 Å². The zero-order chi connectivity index (χ0) is 13.8. The van der Waals surface area contributed by atoms with Crippen molar-refractivity contribution in [3.63, 3.8) is 0 Å². The molecule has 0 aliphatic heterocycles. The van der Waals surface area contributed by atoms with Gasteiger partial charge in [0.2, 0.25) is 0 Å². The van der Waals surface area contributed by atoms with E-state index < -0.39 is 0 Å². The number of hydrogen-bond acceptors (Lipinski definition) is 3. The second-order valence-electron chi connectivity index (χ2n) is 4.46. The van der Waals surface area contributed by atoms with Crippen LogP contribution in [0.4, 0.5) is 0 Å². The Morgan fingerprint density at radius 3 is 2.89 bits per heavy atom. The summed E-state index contributed by atoms with van der Waals surface area (Å²) in [6.45, 7) is 2.30. The van der Waals surface area contributed by atoms with Gasteiger partial charge in [0.05, 0.1) is 0 Å². The van der Waals surface area contributed by atoms with Crippen molar-refractivity contribution < 1.29 is 9.90 Å². The van der Waals surface area contributed by atoms with Crippen LogP contribution in [-0.4, -0.2) is 27.1 Å². The molecule has 0 bridgehead atoms. The quantitative estimate of drug-likeness (QED) is 0.872. The molecule has 0 saturated heterocycles. The van der Waals surface area contributed by atoms with Gasteiger partial charge in [-0.3, -0.25) is 4.79 Å². The molecule has 100 valence electrons. The Balaban J connectivity index is 1.91. The topological polar surface area (TPSA) is 67.2 Å². The van der Waals surface area contributed by atoms with Crippen LogP contribution in [-0.2, 0) is 13.5 Å². The number of nitrogens with one attached hydrogen (secondary N) is 1. The highest BCUT2D eigenvalue weighted by Gasteiger charge is 2.07. The van der Waals surface area contributed by atoms with Gasteiger partial charge in [-0.05, 0) is 30.7 Å². The highest BCUT2D eigenvalue weighted by molar-refractivity contribution is 5.94. The SMILES string of the molecule is Cc1cc(C(=O)NCCc2nccn2C)ccc1O. The number of nitrogens with zero attached hydrogens (tertiary/aromatic N) is 2. The highest BCUT2D eigenvalue weighted by Crippen LogP contribution is 2.16. The first-order valence-corrected chi connectivity index (χ1v) is 6.12. The fourth-order valence-electron chi connectivity index (χ4n) is 1.82. The molecule has 0 unspecified atom stereocenters. The van der Waals surface area contributed by atoms with Crippen LogP contribution in [0.1, 0.15) is 21.7 Å². The number of aromatic nitrogens is 2. The maximum atomic E-state index is 11.9. The average molecular weight is 259 g/mol. The molecule has 1 amide bonds. The van der Waals surface area contributed by atoms with E-state index in [1.165, 1.54) is 6.07 Å². The van der Waals surface area contributed by atoms with Gasteiger partial charge in [0.15, 0.2) is 0 Å². The minimum absolute atomic E-state index is 0.141. The molecule has 0 aliphatic rings. The Morgan fingerprint density at radius 2 is 2.26 bits per heavy atom. The number of hydrogen-bond donors (Lipinski definition) is 2. The molecular formula is C14H17N3O2. The van der Waals surface area contributed by atoms with Crippen molar-refractivity contribution in [2.45, 2.75) is 13.3 Å². The van der Waals surface area contributed by atoms with Crippen molar-refractivity contribution >= 4 is 5.91 Å². The fraction of sp³-hybridized carbons (Fsp3) is 0.286. The molecule has 2 rings (SSSR count). The minimum atomic E-state index is -0.141. The van der Waals surface area contributed by atoms with E-state index in [0.29, 0.717) is 24.1 Å². The Kier molecular flexibility index (Phi) is 3.85. The van der Waals surface area contributed by atoms with Gasteiger partial charge in [-0.1, -0.05) is 0 Å². The molecule has 0 fully saturated rings. The molecule has 19 heavy (non-hydrogen) atoms. The third-order valence-corrected chi connectivity index (χ3v) is 3.01. The van der Waals surface area contributed by atoms with Crippen molar-refractivity contribution in [1.29, 1.82) is 0 Å². The lowest BCUT2D eigenvalue weighted by atomic mass is 10.1. The van der Waals surface area contributed by atoms with E-state index in [0.717, 1.165) is 5.82 Å². The van der Waals surface area contributed by atoms with Crippen LogP contribution < -0.4 is 5.32 Å². The average Bonchev–Trinajstić information content (AvgIpc) is 2.78. The third-order valence-electron chi connectivity index (χ3n) is 3.01. The predicted octanol–water partition coefficient (Wildman–Crippen LogP) is 1.41. The summed E-state index contributed by atoms with van der Waals surface area (Å²) in [5.74, 6) is 0.990. The van der Waals surface area contributed by atoms with Gasteiger partial charge < -0.3 is 15.0 Å². The number of benzene rings is 1. The normalized spacial score (nSPS) is 10.4. The van der Waals surface area contributed by atoms with Crippen molar-refractivity contribution in [3.05, 3.63) is 47.5 Å². The third kappa shape index (κ3) is 3.13. The van der Waals surface area contributed by atoms with Crippen molar-refractivity contribution in [1.82, 2.24) is 14.9 Å². The molecule has 1 aromatic carbocycles. The molecule has 0 aliphatic carbocycles. The number of aromatic hydroxyl groups is 1. The molecule has 0 radical (unpaired) electrons. The minimum Gasteiger partial charge on any atom is -0.508 e. The standard InChI is InChI=1S/C14H17N3O2/c1-10-9-11(3-4-12(10)18)14(19)16-6-5-13-15-7-8-17(13)2/h3-4,7-9,18H,5-6H2,1-2H3,(H,16,19). The Bertz CT molecular complexity index is 590. The number of amides is 1. The molecule has 0 atom stereocenters. The molecule has 0 saturated carbocycles. The van der Waals surface area contributed by atoms with Gasteiger partial charge in [0.25, 0.3) is 5.91 Å². The molecular weight excluding hydrogens is 242 g/mol. The number of rotatable bonds is 4. The number of phenols is 1. The van der Waals surface area contributed by atoms with Gasteiger partial charge in [0.1, 0.15) is 11.6 Å². The number of imidazole rings is 1. The van der Waals surface area contributed by atoms with Crippen LogP contribution in [0.2, 0.25) is 0 Å². The monoisotopic (exact) mass is 259 g/mol. The van der Waals surface area contributed by atoms with E-state index in [-0.39, 0.29) is 11.7 Å². The smallest absolute Gasteiger partial charge is 0.251 e. The zero-order valence-electron chi connectivity index (χ0n) is 11.1. The summed E-state index contributed by atoms with van der Waals surface area (Å²) in [6.07, 6.45) is 4.30. The summed E-state index contributed by atoms with van der Waals surface area (Å²) in [6, 6.07) is 4.81. The maximum Gasteiger partial charge on any atom is 0.251 e. The van der Waals surface area contributed by atoms with Crippen molar-refractivity contribution in [2.75, 3.05) is 6.54 Å². The predicted molar refractivity (Wildman–Crippen MR) is 72.1 cm³/mol. The molecule has 5 heteroatoms. The van der Waals surface area contributed by atoms with E-state index in [1.807, 2.05) is 17.8 Å². The molecule has 2 aromatic rings. The Labute approximate surface area is 111 Å². The first kappa shape index (κ1) is 13.1. The van der Waals surface area contributed by atoms with Gasteiger partial charge in [-0.15, -0.1) is 0 Å². The first-order chi connectivity index (χ1) is 9.08. The molecule has 2 N–H and O–H groups in total. The fourth-order valence-corrected chi connectivity index (χ4v) is 1.82. The van der Waals surface area contributed by atoms with Gasteiger partial charge in [-0.2, -0.15) is 0 Å². The lowest BCUT2D eigenvalue weighted by Crippen LogP contribution is -2.26. The number of aryl methyl sites for hydroxylation is 2. The van der Waals surface area contributed by atoms with Crippen LogP contribution in [0, 0.1) is 6.92 Å². The van der Waals surface area contributed by atoms with Crippen LogP contribution >= 0.6 is 0 Å². The maximum absolute atomic E-state index is 11.9. The first-order valence-electron chi connectivity index (χ1n) is 6.12. The summed E-state index contributed by atoms with van der Waals surface area (Å²) in [4.78, 5) is 16.1. The zero-order valence-corrected chi connectivity index (χ0v) is 11.1. The van der Waals surface area contributed by atoms with Crippen molar-refractivity contribution in [2.24, 2.45) is 7.05 Å². The number of carbonyl (C=O) groups excluding carboxylic acids is 1. The molecule has 5 nitrogen and oxygen atoms in total. The second-order valence-corrected chi connectivity index (χ2v) is 4.46. The number of phenolic OH excluding ortho intramolecular Hbond substituents is 1. The molecule has 1 heterocycles. The van der Waals surface area contributed by atoms with E-state index in [2.05, 4.69) is 10.3 Å². The van der Waals surface area contributed by atoms with Gasteiger partial charge in [-0.25, -0.2) is 4.98 Å². The molecule has 0 spiro atoms. The number of carbonyl (C=O) groups is 1. The summed E-state index contributed by atoms with van der Waals surface area (Å²) >= 11 is 0. The summed E-state index contributed by atoms with van der Waals surface area (Å²) in [5, 5.41) is 12.3. The highest BCUT2D eigenvalue weighted by atomic mass is 16.3. The Morgan fingerprint density at radius 1 is 1.47 bits per heavy atom. The second kappa shape index (κ2) is 5.56. The van der Waals surface area contributed by atoms with Crippen LogP contribution in [0.5, 0.6) is 5.75 Å². The lowest BCUT2D eigenvalue weighted by molar-refractivity contribution is 0.0954. The summed E-state index contributed by atoms with van der Waals surface area (Å²) in [5.41, 5.74) is 1.24. The van der Waals surface area contributed by atoms with Crippen LogP contribution in [0.25, 0.3) is 0 Å². The van der Waals surface area contributed by atoms with Crippen molar-refractivity contribution in [3.8, 4) is 5.75 Å². The van der Waals surface area contributed by atoms with E-state index in [1.54, 1.807) is 25.3 Å². The van der Waals surface area contributed by atoms with Crippen LogP contribution in [0.3, 0.4) is 0 Å². The largest absolute Gasteiger partial charge is 0.508 e. The van der Waals surface area contributed by atoms with E-state index >= 15 is 0 Å². The summed E-state index contributed by atoms with van der Waals surface area (Å²) < 4.78 is 1.93. The van der Waals surface area contributed by atoms with E-state index in [9.17, 15) is 9.90 Å². The van der Waals surface area contributed by atoms with E-state index in [4.69, 9.17) is 0 Å². The Hall–Kier alpha value is -2.30.